The highest BCUT2D eigenvalue weighted by Gasteiger charge is 2.63. The van der Waals surface area contributed by atoms with Gasteiger partial charge >= 0.3 is 6.09 Å². The van der Waals surface area contributed by atoms with Crippen molar-refractivity contribution in [2.24, 2.45) is 35.5 Å². The van der Waals surface area contributed by atoms with Gasteiger partial charge < -0.3 is 29.7 Å². The summed E-state index contributed by atoms with van der Waals surface area (Å²) < 4.78 is 45.8. The first-order valence-corrected chi connectivity index (χ1v) is 22.6. The molecule has 1 saturated heterocycles. The predicted octanol–water partition coefficient (Wildman–Crippen LogP) is 6.38. The van der Waals surface area contributed by atoms with E-state index in [-0.39, 0.29) is 49.0 Å². The molecular weight excluding hydrogens is 775 g/mol. The van der Waals surface area contributed by atoms with Gasteiger partial charge in [-0.1, -0.05) is 40.3 Å². The van der Waals surface area contributed by atoms with E-state index >= 15 is 0 Å². The van der Waals surface area contributed by atoms with Crippen LogP contribution in [0.4, 0.5) is 4.79 Å². The fourth-order valence-corrected chi connectivity index (χ4v) is 11.1. The second-order valence-electron chi connectivity index (χ2n) is 18.2. The Hall–Kier alpha value is -4.40. The van der Waals surface area contributed by atoms with Crippen LogP contribution in [0.1, 0.15) is 104 Å². The van der Waals surface area contributed by atoms with E-state index < -0.39 is 68.2 Å². The van der Waals surface area contributed by atoms with Gasteiger partial charge in [0.25, 0.3) is 5.91 Å². The summed E-state index contributed by atoms with van der Waals surface area (Å²) in [6.07, 6.45) is 8.84. The van der Waals surface area contributed by atoms with Crippen molar-refractivity contribution in [3.05, 3.63) is 42.6 Å². The Morgan fingerprint density at radius 3 is 2.51 bits per heavy atom. The first-order valence-electron chi connectivity index (χ1n) is 21.1. The number of hydrogen-bond acceptors (Lipinski definition) is 10. The minimum Gasteiger partial charge on any atom is -0.494 e. The molecule has 0 radical (unpaired) electrons. The fourth-order valence-electron chi connectivity index (χ4n) is 9.76. The maximum Gasteiger partial charge on any atom is 0.408 e. The Kier molecular flexibility index (Phi) is 11.7. The van der Waals surface area contributed by atoms with Crippen LogP contribution < -0.4 is 24.8 Å². The SMILES string of the molecule is C.CCOc1ccc2c(O[C@@H]3C[C@H]4C(=O)N[C@]5(C(=O)NS(=O)(=O)C6(C)CC6)C[C@H]5/C=C\CC[C@H](C)C[C@@H](C)[C@H](NC(=O)OC5CC6C(C)[C@@H]6C5)C(=O)N4C3)nccc2c1.[HH].[HH].[HH]. The van der Waals surface area contributed by atoms with E-state index in [1.54, 1.807) is 13.1 Å². The van der Waals surface area contributed by atoms with E-state index in [2.05, 4.69) is 34.2 Å². The standard InChI is InChI=1S/C43H57N5O9S.CH4.3H2/c1-6-55-29-11-12-32-27(18-29)13-16-44-38(32)56-31-21-35-37(49)46-43(40(51)47-58(53,54)42(5)14-15-42)22-28(43)10-8-7-9-24(2)17-25(3)36(39(50)48(35)23-31)45-41(52)57-30-19-33-26(4)34(33)20-30;;;;/h8,10-13,16,18,24-26,28,30-31,33-36H,6-7,9,14-15,17,19-23H2,1-5H3,(H,45,52)(H,46,49)(H,47,51);1H4;3*1H/b10-8-;;;;/t24-,25+,26?,28+,30?,31+,33-,34?,35-,36-,43+;;;;/m0..../s1. The molecule has 3 N–H and O–H groups in total. The summed E-state index contributed by atoms with van der Waals surface area (Å²) in [5.41, 5.74) is -1.52. The maximum atomic E-state index is 14.9. The topological polar surface area (TPSA) is 182 Å². The van der Waals surface area contributed by atoms with Crippen molar-refractivity contribution in [3.63, 3.8) is 0 Å². The van der Waals surface area contributed by atoms with Gasteiger partial charge in [-0.2, -0.15) is 0 Å². The van der Waals surface area contributed by atoms with E-state index in [4.69, 9.17) is 14.2 Å². The number of carbonyl (C=O) groups is 4. The summed E-state index contributed by atoms with van der Waals surface area (Å²) >= 11 is 0. The number of amides is 4. The van der Waals surface area contributed by atoms with E-state index in [1.165, 1.54) is 4.90 Å². The molecule has 1 aromatic heterocycles. The fraction of sp³-hybridized carbons (Fsp3) is 0.659. The minimum atomic E-state index is -3.99. The molecule has 4 aliphatic carbocycles. The third-order valence-electron chi connectivity index (χ3n) is 13.9. The Morgan fingerprint density at radius 1 is 1.05 bits per heavy atom. The average Bonchev–Trinajstić information content (AvgIpc) is 4.10. The number of alkyl carbamates (subject to hydrolysis) is 1. The number of carbonyl (C=O) groups excluding carboxylic acids is 4. The maximum absolute atomic E-state index is 14.9. The molecule has 2 aromatic rings. The zero-order chi connectivity index (χ0) is 41.1. The van der Waals surface area contributed by atoms with Crippen molar-refractivity contribution in [2.75, 3.05) is 13.2 Å². The third-order valence-corrected chi connectivity index (χ3v) is 16.1. The molecule has 11 atom stereocenters. The summed E-state index contributed by atoms with van der Waals surface area (Å²) in [5.74, 6) is 0.387. The minimum absolute atomic E-state index is 0. The quantitative estimate of drug-likeness (QED) is 0.240. The molecule has 3 unspecified atom stereocenters. The van der Waals surface area contributed by atoms with Gasteiger partial charge in [-0.15, -0.1) is 0 Å². The van der Waals surface area contributed by atoms with Gasteiger partial charge in [0.2, 0.25) is 27.7 Å². The highest BCUT2D eigenvalue weighted by atomic mass is 32.2. The molecule has 1 aromatic carbocycles. The third kappa shape index (κ3) is 8.50. The molecule has 3 heterocycles. The first kappa shape index (κ1) is 42.7. The van der Waals surface area contributed by atoms with Crippen LogP contribution in [-0.4, -0.2) is 89.8 Å². The monoisotopic (exact) mass is 841 g/mol. The molecule has 0 spiro atoms. The lowest BCUT2D eigenvalue weighted by molar-refractivity contribution is -0.142. The lowest BCUT2D eigenvalue weighted by Gasteiger charge is -2.33. The van der Waals surface area contributed by atoms with Crippen molar-refractivity contribution in [3.8, 4) is 11.6 Å². The summed E-state index contributed by atoms with van der Waals surface area (Å²) in [6.45, 7) is 10.3. The van der Waals surface area contributed by atoms with Crippen molar-refractivity contribution in [1.82, 2.24) is 25.2 Å². The van der Waals surface area contributed by atoms with Crippen LogP contribution in [0.3, 0.4) is 0 Å². The summed E-state index contributed by atoms with van der Waals surface area (Å²) in [6, 6.07) is 5.31. The van der Waals surface area contributed by atoms with Crippen LogP contribution in [0.25, 0.3) is 10.8 Å². The molecular formula is C44H67N5O9S. The second-order valence-corrected chi connectivity index (χ2v) is 20.4. The smallest absolute Gasteiger partial charge is 0.408 e. The van der Waals surface area contributed by atoms with Crippen LogP contribution in [-0.2, 0) is 29.1 Å². The van der Waals surface area contributed by atoms with Crippen LogP contribution in [0.5, 0.6) is 11.6 Å². The van der Waals surface area contributed by atoms with Gasteiger partial charge in [0.05, 0.1) is 17.9 Å². The number of hydrogen-bond donors (Lipinski definition) is 3. The molecule has 4 amide bonds. The van der Waals surface area contributed by atoms with Crippen LogP contribution in [0.2, 0.25) is 0 Å². The number of pyridine rings is 1. The van der Waals surface area contributed by atoms with Gasteiger partial charge in [-0.05, 0) is 124 Å². The molecule has 14 nitrogen and oxygen atoms in total. The number of benzene rings is 1. The molecule has 328 valence electrons. The lowest BCUT2D eigenvalue weighted by Crippen LogP contribution is -2.59. The molecule has 2 aliphatic heterocycles. The number of allylic oxidation sites excluding steroid dienone is 1. The lowest BCUT2D eigenvalue weighted by atomic mass is 9.88. The number of sulfonamides is 1. The molecule has 59 heavy (non-hydrogen) atoms. The highest BCUT2D eigenvalue weighted by molar-refractivity contribution is 7.91. The van der Waals surface area contributed by atoms with E-state index in [9.17, 15) is 27.6 Å². The molecule has 6 aliphatic rings. The Balaban J connectivity index is 0.00000211. The Morgan fingerprint density at radius 2 is 1.80 bits per heavy atom. The number of rotatable bonds is 9. The summed E-state index contributed by atoms with van der Waals surface area (Å²) in [4.78, 5) is 63.0. The Bertz CT molecular complexity index is 2110. The number of ether oxygens (including phenoxy) is 3. The molecule has 15 heteroatoms. The number of nitrogens with zero attached hydrogens (tertiary/aromatic N) is 2. The van der Waals surface area contributed by atoms with Crippen LogP contribution in [0, 0.1) is 35.5 Å². The Labute approximate surface area is 352 Å². The van der Waals surface area contributed by atoms with Crippen molar-refractivity contribution >= 4 is 44.6 Å². The second kappa shape index (κ2) is 16.2. The highest BCUT2D eigenvalue weighted by Crippen LogP contribution is 2.57. The van der Waals surface area contributed by atoms with E-state index in [0.717, 1.165) is 30.0 Å². The largest absolute Gasteiger partial charge is 0.494 e. The van der Waals surface area contributed by atoms with Gasteiger partial charge in [0.1, 0.15) is 35.6 Å². The van der Waals surface area contributed by atoms with Gasteiger partial charge in [-0.3, -0.25) is 19.1 Å². The van der Waals surface area contributed by atoms with Gasteiger partial charge in [0, 0.05) is 28.2 Å². The van der Waals surface area contributed by atoms with Gasteiger partial charge in [0.15, 0.2) is 0 Å². The van der Waals surface area contributed by atoms with E-state index in [1.807, 2.05) is 50.3 Å². The molecule has 4 saturated carbocycles. The molecule has 0 bridgehead atoms. The van der Waals surface area contributed by atoms with Crippen molar-refractivity contribution in [1.29, 1.82) is 0 Å². The predicted molar refractivity (Wildman–Crippen MR) is 228 cm³/mol. The normalized spacial score (nSPS) is 35.2. The van der Waals surface area contributed by atoms with Gasteiger partial charge in [-0.25, -0.2) is 18.2 Å². The first-order chi connectivity index (χ1) is 27.6. The molecule has 8 rings (SSSR count). The zero-order valence-electron chi connectivity index (χ0n) is 34.1. The van der Waals surface area contributed by atoms with Crippen molar-refractivity contribution < 1.29 is 46.1 Å². The molecule has 5 fully saturated rings. The van der Waals surface area contributed by atoms with Crippen molar-refractivity contribution in [2.45, 2.75) is 134 Å². The van der Waals surface area contributed by atoms with E-state index in [0.29, 0.717) is 61.7 Å². The zero-order valence-corrected chi connectivity index (χ0v) is 34.9. The van der Waals surface area contributed by atoms with Crippen LogP contribution in [0.15, 0.2) is 42.6 Å². The number of nitrogens with one attached hydrogen (secondary N) is 3. The number of aromatic nitrogens is 1. The van der Waals surface area contributed by atoms with Crippen LogP contribution >= 0.6 is 0 Å². The average molecular weight is 842 g/mol. The summed E-state index contributed by atoms with van der Waals surface area (Å²) in [7, 11) is -3.99. The summed E-state index contributed by atoms with van der Waals surface area (Å²) in [5, 5.41) is 7.43. The number of fused-ring (bicyclic) bond motifs is 4.